The van der Waals surface area contributed by atoms with E-state index in [1.54, 1.807) is 0 Å². The summed E-state index contributed by atoms with van der Waals surface area (Å²) in [4.78, 5) is 18.4. The number of anilines is 1. The lowest BCUT2D eigenvalue weighted by molar-refractivity contribution is -0.115. The van der Waals surface area contributed by atoms with Gasteiger partial charge in [-0.1, -0.05) is 101 Å². The van der Waals surface area contributed by atoms with E-state index < -0.39 is 0 Å². The van der Waals surface area contributed by atoms with Crippen LogP contribution in [0, 0.1) is 13.8 Å². The molecule has 1 amide bonds. The number of nitrogens with one attached hydrogen (secondary N) is 1. The molecule has 0 saturated heterocycles. The monoisotopic (exact) mass is 398 g/mol. The first-order valence-corrected chi connectivity index (χ1v) is 10.4. The average molecular weight is 399 g/mol. The molecule has 0 radical (unpaired) electrons. The van der Waals surface area contributed by atoms with Crippen LogP contribution >= 0.6 is 11.3 Å². The number of thiazole rings is 1. The van der Waals surface area contributed by atoms with E-state index in [0.29, 0.717) is 11.6 Å². The third-order valence-corrected chi connectivity index (χ3v) is 5.74. The van der Waals surface area contributed by atoms with Crippen LogP contribution in [0.5, 0.6) is 0 Å². The molecule has 0 aliphatic carbocycles. The van der Waals surface area contributed by atoms with Crippen LogP contribution in [-0.4, -0.2) is 10.9 Å². The van der Waals surface area contributed by atoms with Gasteiger partial charge in [-0.05, 0) is 25.0 Å². The minimum atomic E-state index is -0.0594. The Kier molecular flexibility index (Phi) is 5.54. The van der Waals surface area contributed by atoms with Crippen LogP contribution in [-0.2, 0) is 11.2 Å². The van der Waals surface area contributed by atoms with E-state index in [9.17, 15) is 4.79 Å². The van der Waals surface area contributed by atoms with Crippen molar-refractivity contribution in [3.63, 3.8) is 0 Å². The number of aryl methyl sites for hydroxylation is 2. The van der Waals surface area contributed by atoms with Crippen LogP contribution in [0.4, 0.5) is 5.13 Å². The number of carbonyl (C=O) groups excluding carboxylic acids is 1. The molecule has 3 nitrogen and oxygen atoms in total. The molecule has 3 aromatic carbocycles. The minimum Gasteiger partial charge on any atom is -0.302 e. The molecule has 0 atom stereocenters. The van der Waals surface area contributed by atoms with Gasteiger partial charge in [-0.15, -0.1) is 0 Å². The highest BCUT2D eigenvalue weighted by atomic mass is 32.1. The molecule has 0 saturated carbocycles. The van der Waals surface area contributed by atoms with Gasteiger partial charge >= 0.3 is 0 Å². The number of rotatable bonds is 5. The summed E-state index contributed by atoms with van der Waals surface area (Å²) in [5.74, 6) is -0.0594. The largest absolute Gasteiger partial charge is 0.302 e. The summed E-state index contributed by atoms with van der Waals surface area (Å²) in [7, 11) is 0. The predicted molar refractivity (Wildman–Crippen MR) is 121 cm³/mol. The summed E-state index contributed by atoms with van der Waals surface area (Å²) in [6.07, 6.45) is 0.333. The lowest BCUT2D eigenvalue weighted by Crippen LogP contribution is -2.14. The first-order chi connectivity index (χ1) is 14.1. The van der Waals surface area contributed by atoms with Crippen molar-refractivity contribution in [2.75, 3.05) is 5.32 Å². The molecule has 4 rings (SSSR count). The predicted octanol–water partition coefficient (Wildman–Crippen LogP) is 6.28. The number of aromatic nitrogens is 1. The third kappa shape index (κ3) is 4.61. The van der Waals surface area contributed by atoms with Crippen LogP contribution in [0.15, 0.2) is 78.9 Å². The van der Waals surface area contributed by atoms with E-state index in [4.69, 9.17) is 4.98 Å². The van der Waals surface area contributed by atoms with Gasteiger partial charge < -0.3 is 5.32 Å². The van der Waals surface area contributed by atoms with Crippen LogP contribution < -0.4 is 5.32 Å². The van der Waals surface area contributed by atoms with Crippen molar-refractivity contribution in [3.8, 4) is 21.7 Å². The van der Waals surface area contributed by atoms with Crippen LogP contribution in [0.25, 0.3) is 21.7 Å². The molecule has 1 heterocycles. The Hall–Kier alpha value is -3.24. The number of amides is 1. The number of carbonyl (C=O) groups is 1. The number of hydrogen-bond acceptors (Lipinski definition) is 3. The SMILES string of the molecule is Cc1ccc(-c2nc(NC(=O)Cc3ccccc3)sc2-c2ccc(C)cc2)cc1. The quantitative estimate of drug-likeness (QED) is 0.430. The first-order valence-electron chi connectivity index (χ1n) is 9.57. The van der Waals surface area contributed by atoms with E-state index in [-0.39, 0.29) is 5.91 Å². The molecule has 0 aliphatic rings. The lowest BCUT2D eigenvalue weighted by Gasteiger charge is -2.04. The molecule has 0 fully saturated rings. The Bertz CT molecular complexity index is 1050. The highest BCUT2D eigenvalue weighted by Crippen LogP contribution is 2.39. The molecule has 0 aliphatic heterocycles. The molecule has 0 unspecified atom stereocenters. The van der Waals surface area contributed by atoms with Crippen molar-refractivity contribution >= 4 is 22.4 Å². The maximum absolute atomic E-state index is 12.5. The third-order valence-electron chi connectivity index (χ3n) is 4.72. The Labute approximate surface area is 175 Å². The van der Waals surface area contributed by atoms with Crippen molar-refractivity contribution in [3.05, 3.63) is 95.6 Å². The van der Waals surface area contributed by atoms with Gasteiger partial charge in [-0.3, -0.25) is 4.79 Å². The molecule has 144 valence electrons. The highest BCUT2D eigenvalue weighted by Gasteiger charge is 2.16. The number of benzene rings is 3. The summed E-state index contributed by atoms with van der Waals surface area (Å²) in [5.41, 5.74) is 6.45. The summed E-state index contributed by atoms with van der Waals surface area (Å²) >= 11 is 1.51. The van der Waals surface area contributed by atoms with E-state index in [0.717, 1.165) is 27.3 Å². The zero-order valence-corrected chi connectivity index (χ0v) is 17.3. The van der Waals surface area contributed by atoms with E-state index >= 15 is 0 Å². The zero-order chi connectivity index (χ0) is 20.2. The minimum absolute atomic E-state index is 0.0594. The van der Waals surface area contributed by atoms with Crippen LogP contribution in [0.3, 0.4) is 0 Å². The van der Waals surface area contributed by atoms with Crippen molar-refractivity contribution in [1.82, 2.24) is 4.98 Å². The van der Waals surface area contributed by atoms with E-state index in [2.05, 4.69) is 67.7 Å². The fraction of sp³-hybridized carbons (Fsp3) is 0.120. The second-order valence-corrected chi connectivity index (χ2v) is 8.14. The van der Waals surface area contributed by atoms with Crippen molar-refractivity contribution in [1.29, 1.82) is 0 Å². The Morgan fingerprint density at radius 2 is 1.41 bits per heavy atom. The number of nitrogens with zero attached hydrogens (tertiary/aromatic N) is 1. The van der Waals surface area contributed by atoms with Gasteiger partial charge in [-0.2, -0.15) is 0 Å². The van der Waals surface area contributed by atoms with E-state index in [1.807, 2.05) is 30.3 Å². The standard InChI is InChI=1S/C25H22N2OS/c1-17-8-12-20(13-9-17)23-24(21-14-10-18(2)11-15-21)29-25(27-23)26-22(28)16-19-6-4-3-5-7-19/h3-15H,16H2,1-2H3,(H,26,27,28). The van der Waals surface area contributed by atoms with Gasteiger partial charge in [0.2, 0.25) is 5.91 Å². The lowest BCUT2D eigenvalue weighted by atomic mass is 10.0. The van der Waals surface area contributed by atoms with Crippen LogP contribution in [0.2, 0.25) is 0 Å². The van der Waals surface area contributed by atoms with Gasteiger partial charge in [0.25, 0.3) is 0 Å². The molecule has 4 heteroatoms. The summed E-state index contributed by atoms with van der Waals surface area (Å²) < 4.78 is 0. The van der Waals surface area contributed by atoms with Gasteiger partial charge in [0.1, 0.15) is 0 Å². The van der Waals surface area contributed by atoms with Crippen LogP contribution in [0.1, 0.15) is 16.7 Å². The van der Waals surface area contributed by atoms with Gasteiger partial charge in [0.15, 0.2) is 5.13 Å². The molecular weight excluding hydrogens is 376 g/mol. The Morgan fingerprint density at radius 1 is 0.828 bits per heavy atom. The maximum Gasteiger partial charge on any atom is 0.230 e. The Morgan fingerprint density at radius 3 is 2.03 bits per heavy atom. The fourth-order valence-corrected chi connectivity index (χ4v) is 4.14. The summed E-state index contributed by atoms with van der Waals surface area (Å²) in [6.45, 7) is 4.15. The molecule has 1 aromatic heterocycles. The van der Waals surface area contributed by atoms with E-state index in [1.165, 1.54) is 22.5 Å². The molecule has 1 N–H and O–H groups in total. The van der Waals surface area contributed by atoms with Gasteiger partial charge in [0.05, 0.1) is 17.0 Å². The number of hydrogen-bond donors (Lipinski definition) is 1. The molecular formula is C25H22N2OS. The van der Waals surface area contributed by atoms with Crippen molar-refractivity contribution in [2.24, 2.45) is 0 Å². The van der Waals surface area contributed by atoms with Crippen molar-refractivity contribution < 1.29 is 4.79 Å². The topological polar surface area (TPSA) is 42.0 Å². The van der Waals surface area contributed by atoms with Gasteiger partial charge in [0, 0.05) is 5.56 Å². The Balaban J connectivity index is 1.66. The molecule has 0 bridgehead atoms. The fourth-order valence-electron chi connectivity index (χ4n) is 3.13. The summed E-state index contributed by atoms with van der Waals surface area (Å²) in [6, 6.07) is 26.5. The highest BCUT2D eigenvalue weighted by molar-refractivity contribution is 7.19. The summed E-state index contributed by atoms with van der Waals surface area (Å²) in [5, 5.41) is 3.60. The normalized spacial score (nSPS) is 10.7. The molecule has 4 aromatic rings. The second-order valence-electron chi connectivity index (χ2n) is 7.14. The maximum atomic E-state index is 12.5. The molecule has 0 spiro atoms. The first kappa shape index (κ1) is 19.1. The average Bonchev–Trinajstić information content (AvgIpc) is 3.13. The van der Waals surface area contributed by atoms with Gasteiger partial charge in [-0.25, -0.2) is 4.98 Å². The van der Waals surface area contributed by atoms with Crippen molar-refractivity contribution in [2.45, 2.75) is 20.3 Å². The second kappa shape index (κ2) is 8.41. The smallest absolute Gasteiger partial charge is 0.230 e. The zero-order valence-electron chi connectivity index (χ0n) is 16.5. The molecule has 29 heavy (non-hydrogen) atoms.